The number of benzene rings is 2. The molecule has 0 fully saturated rings. The summed E-state index contributed by atoms with van der Waals surface area (Å²) >= 11 is 0. The van der Waals surface area contributed by atoms with Crippen molar-refractivity contribution in [3.05, 3.63) is 58.7 Å². The van der Waals surface area contributed by atoms with Crippen molar-refractivity contribution >= 4 is 17.2 Å². The molecule has 3 rings (SSSR count). The predicted octanol–water partition coefficient (Wildman–Crippen LogP) is 3.67. The SMILES string of the molecule is Cc1ccc2c(c1)CCCN2c1c(C)cccc1C(=N)N. The van der Waals surface area contributed by atoms with Gasteiger partial charge >= 0.3 is 0 Å². The number of fused-ring (bicyclic) bond motifs is 1. The van der Waals surface area contributed by atoms with Crippen LogP contribution >= 0.6 is 0 Å². The summed E-state index contributed by atoms with van der Waals surface area (Å²) < 4.78 is 0. The van der Waals surface area contributed by atoms with Crippen LogP contribution in [0.4, 0.5) is 11.4 Å². The lowest BCUT2D eigenvalue weighted by Gasteiger charge is -2.34. The van der Waals surface area contributed by atoms with Crippen LogP contribution < -0.4 is 10.6 Å². The normalized spacial score (nSPS) is 13.9. The molecule has 1 aliphatic rings. The highest BCUT2D eigenvalue weighted by Gasteiger charge is 2.22. The molecule has 0 atom stereocenters. The van der Waals surface area contributed by atoms with E-state index in [1.165, 1.54) is 16.8 Å². The van der Waals surface area contributed by atoms with E-state index in [1.54, 1.807) is 0 Å². The first-order chi connectivity index (χ1) is 10.1. The van der Waals surface area contributed by atoms with E-state index >= 15 is 0 Å². The fourth-order valence-corrected chi connectivity index (χ4v) is 3.19. The van der Waals surface area contributed by atoms with Gasteiger partial charge in [-0.15, -0.1) is 0 Å². The van der Waals surface area contributed by atoms with Gasteiger partial charge in [-0.05, 0) is 49.9 Å². The van der Waals surface area contributed by atoms with Gasteiger partial charge in [-0.1, -0.05) is 29.8 Å². The maximum absolute atomic E-state index is 7.86. The van der Waals surface area contributed by atoms with E-state index in [2.05, 4.69) is 43.0 Å². The lowest BCUT2D eigenvalue weighted by molar-refractivity contribution is 0.764. The number of amidine groups is 1. The van der Waals surface area contributed by atoms with E-state index in [4.69, 9.17) is 11.1 Å². The summed E-state index contributed by atoms with van der Waals surface area (Å²) in [5.41, 5.74) is 12.8. The maximum Gasteiger partial charge on any atom is 0.124 e. The zero-order chi connectivity index (χ0) is 15.0. The van der Waals surface area contributed by atoms with Crippen molar-refractivity contribution in [1.29, 1.82) is 5.41 Å². The molecular weight excluding hydrogens is 258 g/mol. The summed E-state index contributed by atoms with van der Waals surface area (Å²) in [6, 6.07) is 12.6. The molecule has 0 unspecified atom stereocenters. The van der Waals surface area contributed by atoms with Crippen LogP contribution in [0.3, 0.4) is 0 Å². The van der Waals surface area contributed by atoms with Gasteiger partial charge in [0.05, 0.1) is 5.69 Å². The van der Waals surface area contributed by atoms with Crippen LogP contribution in [0.2, 0.25) is 0 Å². The molecule has 0 radical (unpaired) electrons. The second kappa shape index (κ2) is 5.24. The fraction of sp³-hybridized carbons (Fsp3) is 0.278. The smallest absolute Gasteiger partial charge is 0.124 e. The number of aryl methyl sites for hydroxylation is 3. The summed E-state index contributed by atoms with van der Waals surface area (Å²) in [7, 11) is 0. The highest BCUT2D eigenvalue weighted by Crippen LogP contribution is 2.37. The van der Waals surface area contributed by atoms with Crippen LogP contribution in [0.25, 0.3) is 0 Å². The number of hydrogen-bond donors (Lipinski definition) is 2. The molecule has 0 aromatic heterocycles. The average Bonchev–Trinajstić information content (AvgIpc) is 2.46. The molecule has 1 heterocycles. The number of nitrogens with two attached hydrogens (primary N) is 1. The Kier molecular flexibility index (Phi) is 3.42. The molecule has 3 N–H and O–H groups in total. The number of para-hydroxylation sites is 1. The molecule has 0 bridgehead atoms. The average molecular weight is 279 g/mol. The minimum atomic E-state index is 0.132. The van der Waals surface area contributed by atoms with E-state index in [0.29, 0.717) is 0 Å². The summed E-state index contributed by atoms with van der Waals surface area (Å²) in [6.07, 6.45) is 2.25. The molecule has 3 heteroatoms. The molecule has 0 saturated carbocycles. The quantitative estimate of drug-likeness (QED) is 0.651. The molecule has 0 spiro atoms. The first-order valence-corrected chi connectivity index (χ1v) is 7.39. The largest absolute Gasteiger partial charge is 0.384 e. The Bertz CT molecular complexity index is 704. The molecule has 0 amide bonds. The summed E-state index contributed by atoms with van der Waals surface area (Å²) in [5, 5.41) is 7.86. The second-order valence-corrected chi connectivity index (χ2v) is 5.77. The molecule has 2 aromatic carbocycles. The van der Waals surface area contributed by atoms with Crippen molar-refractivity contribution in [2.24, 2.45) is 5.73 Å². The monoisotopic (exact) mass is 279 g/mol. The van der Waals surface area contributed by atoms with Crippen LogP contribution in [0.15, 0.2) is 36.4 Å². The van der Waals surface area contributed by atoms with Crippen molar-refractivity contribution in [2.45, 2.75) is 26.7 Å². The molecule has 0 aliphatic carbocycles. The Hall–Kier alpha value is -2.29. The Morgan fingerprint density at radius 3 is 2.76 bits per heavy atom. The molecule has 108 valence electrons. The third-order valence-electron chi connectivity index (χ3n) is 4.15. The standard InChI is InChI=1S/C18H21N3/c1-12-8-9-16-14(11-12)6-4-10-21(16)17-13(2)5-3-7-15(17)18(19)20/h3,5,7-9,11H,4,6,10H2,1-2H3,(H3,19,20). The van der Waals surface area contributed by atoms with E-state index in [-0.39, 0.29) is 5.84 Å². The first-order valence-electron chi connectivity index (χ1n) is 7.39. The number of rotatable bonds is 2. The highest BCUT2D eigenvalue weighted by molar-refractivity contribution is 6.02. The van der Waals surface area contributed by atoms with Crippen molar-refractivity contribution in [2.75, 3.05) is 11.4 Å². The van der Waals surface area contributed by atoms with Crippen LogP contribution in [0, 0.1) is 19.3 Å². The summed E-state index contributed by atoms with van der Waals surface area (Å²) in [5.74, 6) is 0.132. The molecule has 3 nitrogen and oxygen atoms in total. The number of nitrogen functional groups attached to an aromatic ring is 1. The summed E-state index contributed by atoms with van der Waals surface area (Å²) in [6.45, 7) is 5.19. The van der Waals surface area contributed by atoms with Gasteiger partial charge in [-0.2, -0.15) is 0 Å². The van der Waals surface area contributed by atoms with E-state index in [1.807, 2.05) is 12.1 Å². The van der Waals surface area contributed by atoms with Gasteiger partial charge < -0.3 is 10.6 Å². The predicted molar refractivity (Wildman–Crippen MR) is 88.7 cm³/mol. The lowest BCUT2D eigenvalue weighted by Crippen LogP contribution is -2.28. The minimum Gasteiger partial charge on any atom is -0.384 e. The van der Waals surface area contributed by atoms with Gasteiger partial charge in [0.25, 0.3) is 0 Å². The van der Waals surface area contributed by atoms with Gasteiger partial charge in [0.1, 0.15) is 5.84 Å². The van der Waals surface area contributed by atoms with Crippen molar-refractivity contribution in [3.63, 3.8) is 0 Å². The van der Waals surface area contributed by atoms with Gasteiger partial charge in [0.15, 0.2) is 0 Å². The van der Waals surface area contributed by atoms with Crippen LogP contribution in [-0.2, 0) is 6.42 Å². The van der Waals surface area contributed by atoms with Gasteiger partial charge in [-0.3, -0.25) is 5.41 Å². The maximum atomic E-state index is 7.86. The molecule has 0 saturated heterocycles. The van der Waals surface area contributed by atoms with Crippen LogP contribution in [-0.4, -0.2) is 12.4 Å². The van der Waals surface area contributed by atoms with Gasteiger partial charge in [-0.25, -0.2) is 0 Å². The zero-order valence-electron chi connectivity index (χ0n) is 12.6. The number of anilines is 2. The molecular formula is C18H21N3. The van der Waals surface area contributed by atoms with Gasteiger partial charge in [0, 0.05) is 17.8 Å². The number of nitrogens with one attached hydrogen (secondary N) is 1. The summed E-state index contributed by atoms with van der Waals surface area (Å²) in [4.78, 5) is 2.32. The van der Waals surface area contributed by atoms with Crippen LogP contribution in [0.5, 0.6) is 0 Å². The zero-order valence-corrected chi connectivity index (χ0v) is 12.6. The van der Waals surface area contributed by atoms with E-state index in [9.17, 15) is 0 Å². The van der Waals surface area contributed by atoms with E-state index < -0.39 is 0 Å². The van der Waals surface area contributed by atoms with Crippen molar-refractivity contribution < 1.29 is 0 Å². The minimum absolute atomic E-state index is 0.132. The second-order valence-electron chi connectivity index (χ2n) is 5.77. The Morgan fingerprint density at radius 1 is 1.19 bits per heavy atom. The molecule has 21 heavy (non-hydrogen) atoms. The Balaban J connectivity index is 2.18. The number of hydrogen-bond acceptors (Lipinski definition) is 2. The van der Waals surface area contributed by atoms with Gasteiger partial charge in [0.2, 0.25) is 0 Å². The topological polar surface area (TPSA) is 53.1 Å². The first kappa shape index (κ1) is 13.7. The van der Waals surface area contributed by atoms with Crippen LogP contribution in [0.1, 0.15) is 28.7 Å². The Labute approximate surface area is 125 Å². The third-order valence-corrected chi connectivity index (χ3v) is 4.15. The fourth-order valence-electron chi connectivity index (χ4n) is 3.19. The van der Waals surface area contributed by atoms with E-state index in [0.717, 1.165) is 36.2 Å². The van der Waals surface area contributed by atoms with Crippen molar-refractivity contribution in [3.8, 4) is 0 Å². The highest BCUT2D eigenvalue weighted by atomic mass is 15.1. The number of nitrogens with zero attached hydrogens (tertiary/aromatic N) is 1. The third kappa shape index (κ3) is 2.40. The Morgan fingerprint density at radius 2 is 2.00 bits per heavy atom. The van der Waals surface area contributed by atoms with Crippen molar-refractivity contribution in [1.82, 2.24) is 0 Å². The lowest BCUT2D eigenvalue weighted by atomic mass is 9.96. The molecule has 1 aliphatic heterocycles. The molecule has 2 aromatic rings.